The number of benzene rings is 1. The van der Waals surface area contributed by atoms with Crippen molar-refractivity contribution in [3.05, 3.63) is 84.2 Å². The van der Waals surface area contributed by atoms with Gasteiger partial charge in [-0.2, -0.15) is 0 Å². The minimum atomic E-state index is -0.186. The fourth-order valence-electron chi connectivity index (χ4n) is 2.87. The number of rotatable bonds is 3. The van der Waals surface area contributed by atoms with E-state index < -0.39 is 0 Å². The first-order valence-corrected chi connectivity index (χ1v) is 7.81. The Balaban J connectivity index is 1.76. The first kappa shape index (κ1) is 14.6. The molecule has 0 unspecified atom stereocenters. The molecule has 0 aliphatic carbocycles. The van der Waals surface area contributed by atoms with Crippen LogP contribution in [0.15, 0.2) is 67.3 Å². The second kappa shape index (κ2) is 5.89. The summed E-state index contributed by atoms with van der Waals surface area (Å²) in [5.74, 6) is -0.186. The molecule has 0 radical (unpaired) electrons. The van der Waals surface area contributed by atoms with Crippen LogP contribution in [0.2, 0.25) is 0 Å². The van der Waals surface area contributed by atoms with E-state index in [-0.39, 0.29) is 5.82 Å². The van der Waals surface area contributed by atoms with Crippen LogP contribution < -0.4 is 0 Å². The van der Waals surface area contributed by atoms with Crippen LogP contribution in [0.4, 0.5) is 4.39 Å². The zero-order valence-electron chi connectivity index (χ0n) is 13.3. The molecule has 0 fully saturated rings. The lowest BCUT2D eigenvalue weighted by molar-refractivity contribution is 0.619. The maximum absolute atomic E-state index is 13.5. The van der Waals surface area contributed by atoms with E-state index in [9.17, 15) is 4.39 Å². The van der Waals surface area contributed by atoms with Gasteiger partial charge < -0.3 is 4.57 Å². The lowest BCUT2D eigenvalue weighted by atomic mass is 10.0. The molecule has 3 nitrogen and oxygen atoms in total. The predicted octanol–water partition coefficient (Wildman–Crippen LogP) is 4.59. The number of hydrogen-bond acceptors (Lipinski definition) is 2. The van der Waals surface area contributed by atoms with E-state index in [1.54, 1.807) is 25.4 Å². The topological polar surface area (TPSA) is 30.7 Å². The fourth-order valence-corrected chi connectivity index (χ4v) is 2.87. The van der Waals surface area contributed by atoms with Gasteiger partial charge in [0.15, 0.2) is 0 Å². The molecule has 0 saturated heterocycles. The van der Waals surface area contributed by atoms with Crippen LogP contribution in [0.25, 0.3) is 22.2 Å². The average Bonchev–Trinajstić information content (AvgIpc) is 3.00. The summed E-state index contributed by atoms with van der Waals surface area (Å²) in [6, 6.07) is 13.3. The first-order chi connectivity index (χ1) is 11.7. The van der Waals surface area contributed by atoms with Gasteiger partial charge in [-0.3, -0.25) is 9.97 Å². The molecule has 0 N–H and O–H groups in total. The van der Waals surface area contributed by atoms with E-state index in [4.69, 9.17) is 0 Å². The number of hydrogen-bond donors (Lipinski definition) is 0. The third kappa shape index (κ3) is 2.67. The molecule has 24 heavy (non-hydrogen) atoms. The van der Waals surface area contributed by atoms with E-state index in [2.05, 4.69) is 20.6 Å². The van der Waals surface area contributed by atoms with E-state index in [1.807, 2.05) is 36.7 Å². The van der Waals surface area contributed by atoms with Crippen LogP contribution in [0.3, 0.4) is 0 Å². The van der Waals surface area contributed by atoms with Crippen LogP contribution in [-0.2, 0) is 6.54 Å². The molecule has 118 valence electrons. The monoisotopic (exact) mass is 317 g/mol. The quantitative estimate of drug-likeness (QED) is 0.553. The van der Waals surface area contributed by atoms with Crippen LogP contribution in [0.5, 0.6) is 0 Å². The van der Waals surface area contributed by atoms with Crippen molar-refractivity contribution >= 4 is 11.0 Å². The van der Waals surface area contributed by atoms with Crippen molar-refractivity contribution in [3.8, 4) is 11.1 Å². The van der Waals surface area contributed by atoms with Gasteiger partial charge in [-0.15, -0.1) is 0 Å². The van der Waals surface area contributed by atoms with Gasteiger partial charge in [0.1, 0.15) is 5.82 Å². The maximum atomic E-state index is 13.5. The second-order valence-corrected chi connectivity index (χ2v) is 5.89. The summed E-state index contributed by atoms with van der Waals surface area (Å²) in [6.07, 6.45) is 7.47. The van der Waals surface area contributed by atoms with Gasteiger partial charge in [-0.25, -0.2) is 4.39 Å². The Morgan fingerprint density at radius 2 is 1.83 bits per heavy atom. The van der Waals surface area contributed by atoms with Gasteiger partial charge in [0.2, 0.25) is 0 Å². The smallest absolute Gasteiger partial charge is 0.126 e. The summed E-state index contributed by atoms with van der Waals surface area (Å²) < 4.78 is 15.7. The number of aryl methyl sites for hydroxylation is 1. The fraction of sp³-hybridized carbons (Fsp3) is 0.100. The zero-order valence-corrected chi connectivity index (χ0v) is 13.3. The summed E-state index contributed by atoms with van der Waals surface area (Å²) in [5, 5.41) is 0. The van der Waals surface area contributed by atoms with Crippen molar-refractivity contribution in [2.24, 2.45) is 0 Å². The van der Waals surface area contributed by atoms with Gasteiger partial charge in [-0.1, -0.05) is 6.07 Å². The third-order valence-electron chi connectivity index (χ3n) is 4.21. The van der Waals surface area contributed by atoms with Gasteiger partial charge >= 0.3 is 0 Å². The van der Waals surface area contributed by atoms with Crippen molar-refractivity contribution in [1.29, 1.82) is 0 Å². The number of nitrogens with zero attached hydrogens (tertiary/aromatic N) is 3. The van der Waals surface area contributed by atoms with Gasteiger partial charge in [0, 0.05) is 36.9 Å². The molecule has 4 rings (SSSR count). The molecule has 0 spiro atoms. The lowest BCUT2D eigenvalue weighted by Crippen LogP contribution is -1.98. The Bertz CT molecular complexity index is 1010. The highest BCUT2D eigenvalue weighted by molar-refractivity contribution is 5.81. The van der Waals surface area contributed by atoms with Crippen molar-refractivity contribution in [1.82, 2.24) is 14.5 Å². The normalized spacial score (nSPS) is 11.1. The molecular weight excluding hydrogens is 301 g/mol. The number of fused-ring (bicyclic) bond motifs is 1. The number of pyridine rings is 2. The van der Waals surface area contributed by atoms with Crippen molar-refractivity contribution < 1.29 is 4.39 Å². The molecule has 0 atom stereocenters. The maximum Gasteiger partial charge on any atom is 0.126 e. The van der Waals surface area contributed by atoms with Crippen molar-refractivity contribution in [2.45, 2.75) is 13.5 Å². The van der Waals surface area contributed by atoms with Crippen LogP contribution in [-0.4, -0.2) is 14.5 Å². The molecule has 3 aromatic heterocycles. The standard InChI is InChI=1S/C20H16FN3/c1-14-10-16(2-3-18(14)21)17-11-20-19(23-12-17)6-9-24(20)13-15-4-7-22-8-5-15/h2-12H,13H2,1H3. The molecule has 4 heteroatoms. The van der Waals surface area contributed by atoms with Crippen LogP contribution in [0.1, 0.15) is 11.1 Å². The highest BCUT2D eigenvalue weighted by Gasteiger charge is 2.07. The molecule has 3 heterocycles. The number of aromatic nitrogens is 3. The minimum absolute atomic E-state index is 0.186. The van der Waals surface area contributed by atoms with E-state index >= 15 is 0 Å². The van der Waals surface area contributed by atoms with Crippen LogP contribution in [0, 0.1) is 12.7 Å². The Morgan fingerprint density at radius 1 is 1.00 bits per heavy atom. The predicted molar refractivity (Wildman–Crippen MR) is 93.2 cm³/mol. The van der Waals surface area contributed by atoms with Crippen LogP contribution >= 0.6 is 0 Å². The molecule has 0 aliphatic heterocycles. The molecule has 0 saturated carbocycles. The molecule has 4 aromatic rings. The molecule has 0 bridgehead atoms. The average molecular weight is 317 g/mol. The zero-order chi connectivity index (χ0) is 16.5. The second-order valence-electron chi connectivity index (χ2n) is 5.89. The molecule has 0 aliphatic rings. The van der Waals surface area contributed by atoms with Gasteiger partial charge in [-0.05, 0) is 60.0 Å². The Hall–Kier alpha value is -3.01. The van der Waals surface area contributed by atoms with E-state index in [0.29, 0.717) is 5.56 Å². The summed E-state index contributed by atoms with van der Waals surface area (Å²) in [4.78, 5) is 8.60. The SMILES string of the molecule is Cc1cc(-c2cnc3ccn(Cc4ccncc4)c3c2)ccc1F. The Morgan fingerprint density at radius 3 is 2.62 bits per heavy atom. The summed E-state index contributed by atoms with van der Waals surface area (Å²) >= 11 is 0. The molecule has 1 aromatic carbocycles. The highest BCUT2D eigenvalue weighted by Crippen LogP contribution is 2.25. The molecular formula is C20H16FN3. The largest absolute Gasteiger partial charge is 0.342 e. The van der Waals surface area contributed by atoms with Gasteiger partial charge in [0.25, 0.3) is 0 Å². The summed E-state index contributed by atoms with van der Waals surface area (Å²) in [5.41, 5.74) is 5.79. The summed E-state index contributed by atoms with van der Waals surface area (Å²) in [6.45, 7) is 2.54. The lowest BCUT2D eigenvalue weighted by Gasteiger charge is -2.08. The Kier molecular flexibility index (Phi) is 3.58. The summed E-state index contributed by atoms with van der Waals surface area (Å²) in [7, 11) is 0. The van der Waals surface area contributed by atoms with E-state index in [1.165, 1.54) is 11.6 Å². The van der Waals surface area contributed by atoms with Crippen molar-refractivity contribution in [3.63, 3.8) is 0 Å². The highest BCUT2D eigenvalue weighted by atomic mass is 19.1. The first-order valence-electron chi connectivity index (χ1n) is 7.81. The van der Waals surface area contributed by atoms with Gasteiger partial charge in [0.05, 0.1) is 11.0 Å². The third-order valence-corrected chi connectivity index (χ3v) is 4.21. The minimum Gasteiger partial charge on any atom is -0.342 e. The Labute approximate surface area is 139 Å². The number of halogens is 1. The van der Waals surface area contributed by atoms with E-state index in [0.717, 1.165) is 28.7 Å². The molecule has 0 amide bonds. The van der Waals surface area contributed by atoms with Crippen molar-refractivity contribution in [2.75, 3.05) is 0 Å².